The van der Waals surface area contributed by atoms with Crippen molar-refractivity contribution in [1.29, 1.82) is 0 Å². The second-order valence-corrected chi connectivity index (χ2v) is 4.43. The van der Waals surface area contributed by atoms with Gasteiger partial charge in [-0.2, -0.15) is 0 Å². The molecule has 0 fully saturated rings. The van der Waals surface area contributed by atoms with Gasteiger partial charge in [0.1, 0.15) is 5.92 Å². The van der Waals surface area contributed by atoms with Crippen molar-refractivity contribution in [2.24, 2.45) is 5.92 Å². The predicted octanol–water partition coefficient (Wildman–Crippen LogP) is 1.12. The first-order valence-corrected chi connectivity index (χ1v) is 6.04. The molecule has 0 bridgehead atoms. The molecule has 0 amide bonds. The average Bonchev–Trinajstić information content (AvgIpc) is 2.32. The zero-order valence-corrected chi connectivity index (χ0v) is 10.5. The fourth-order valence-electron chi connectivity index (χ4n) is 1.10. The molecule has 0 aliphatic carbocycles. The number of ether oxygens (including phenoxy) is 2. The maximum Gasteiger partial charge on any atom is 0.508 e. The van der Waals surface area contributed by atoms with Crippen molar-refractivity contribution in [2.45, 2.75) is 12.8 Å². The molecule has 16 heavy (non-hydrogen) atoms. The minimum absolute atomic E-state index is 0.0511. The van der Waals surface area contributed by atoms with Gasteiger partial charge in [-0.05, 0) is 11.0 Å². The summed E-state index contributed by atoms with van der Waals surface area (Å²) in [4.78, 5) is 22.2. The third-order valence-electron chi connectivity index (χ3n) is 2.03. The third-order valence-corrected chi connectivity index (χ3v) is 3.18. The van der Waals surface area contributed by atoms with Crippen LogP contribution < -0.4 is 0 Å². The van der Waals surface area contributed by atoms with Gasteiger partial charge in [0, 0.05) is 6.42 Å². The fraction of sp³-hybridized carbons (Fsp3) is 0.778. The highest BCUT2D eigenvalue weighted by molar-refractivity contribution is 7.39. The lowest BCUT2D eigenvalue weighted by atomic mass is 10.1. The molecule has 0 aromatic carbocycles. The van der Waals surface area contributed by atoms with Gasteiger partial charge in [0.2, 0.25) is 0 Å². The molecule has 0 radical (unpaired) electrons. The molecule has 0 rings (SSSR count). The molecule has 0 N–H and O–H groups in total. The highest BCUT2D eigenvalue weighted by atomic mass is 31.1. The number of hydrogen-bond donors (Lipinski definition) is 0. The number of rotatable bonds is 7. The van der Waals surface area contributed by atoms with Crippen LogP contribution in [0.15, 0.2) is 0 Å². The van der Waals surface area contributed by atoms with E-state index in [4.69, 9.17) is 0 Å². The van der Waals surface area contributed by atoms with Crippen LogP contribution in [0.1, 0.15) is 12.8 Å². The Morgan fingerprint density at radius 2 is 1.81 bits per heavy atom. The molecule has 6 nitrogen and oxygen atoms in total. The third kappa shape index (κ3) is 5.78. The molecular weight excluding hydrogens is 235 g/mol. The van der Waals surface area contributed by atoms with E-state index in [0.717, 1.165) is 0 Å². The van der Waals surface area contributed by atoms with Crippen LogP contribution >= 0.6 is 8.03 Å². The number of methoxy groups -OCH3 is 2. The molecule has 2 atom stereocenters. The summed E-state index contributed by atoms with van der Waals surface area (Å²) in [6.45, 7) is 0. The van der Waals surface area contributed by atoms with Crippen molar-refractivity contribution < 1.29 is 28.2 Å². The van der Waals surface area contributed by atoms with Crippen molar-refractivity contribution >= 4 is 20.0 Å². The normalized spacial score (nSPS) is 12.8. The Bertz CT molecular complexity index is 265. The summed E-state index contributed by atoms with van der Waals surface area (Å²) < 4.78 is 24.8. The first-order chi connectivity index (χ1) is 7.54. The first-order valence-electron chi connectivity index (χ1n) is 4.68. The second kappa shape index (κ2) is 8.19. The van der Waals surface area contributed by atoms with E-state index in [1.165, 1.54) is 21.3 Å². The number of esters is 2. The Kier molecular flexibility index (Phi) is 7.68. The Hall–Kier alpha value is -1.00. The van der Waals surface area contributed by atoms with Crippen LogP contribution in [0.5, 0.6) is 0 Å². The highest BCUT2D eigenvalue weighted by Gasteiger charge is 2.30. The van der Waals surface area contributed by atoms with E-state index >= 15 is 0 Å². The Balaban J connectivity index is 4.26. The van der Waals surface area contributed by atoms with Crippen LogP contribution in [-0.2, 0) is 28.2 Å². The van der Waals surface area contributed by atoms with Crippen LogP contribution in [0.2, 0.25) is 0 Å². The highest BCUT2D eigenvalue weighted by Crippen LogP contribution is 2.27. The van der Waals surface area contributed by atoms with Crippen molar-refractivity contribution in [3.63, 3.8) is 0 Å². The van der Waals surface area contributed by atoms with E-state index in [-0.39, 0.29) is 19.0 Å². The molecule has 0 saturated heterocycles. The number of hydrogen-bond acceptors (Lipinski definition) is 6. The fourth-order valence-corrected chi connectivity index (χ4v) is 1.94. The lowest BCUT2D eigenvalue weighted by molar-refractivity contribution is -0.146. The van der Waals surface area contributed by atoms with Gasteiger partial charge >= 0.3 is 20.0 Å². The van der Waals surface area contributed by atoms with Gasteiger partial charge in [0.15, 0.2) is 6.16 Å². The molecule has 0 spiro atoms. The topological polar surface area (TPSA) is 78.9 Å². The first kappa shape index (κ1) is 15.0. The molecule has 92 valence electrons. The molecule has 2 unspecified atom stereocenters. The largest absolute Gasteiger partial charge is 0.508 e. The van der Waals surface area contributed by atoms with Gasteiger partial charge in [-0.1, -0.05) is 0 Å². The summed E-state index contributed by atoms with van der Waals surface area (Å²) in [6, 6.07) is 0. The Morgan fingerprint density at radius 3 is 2.25 bits per heavy atom. The monoisotopic (exact) mass is 251 g/mol. The number of carbonyl (C=O) groups excluding carboxylic acids is 2. The Morgan fingerprint density at radius 1 is 1.19 bits per heavy atom. The van der Waals surface area contributed by atoms with Crippen LogP contribution in [0.3, 0.4) is 0 Å². The molecule has 0 aromatic rings. The minimum Gasteiger partial charge on any atom is -0.469 e. The summed E-state index contributed by atoms with van der Waals surface area (Å²) >= 11 is 0. The van der Waals surface area contributed by atoms with Gasteiger partial charge in [0.25, 0.3) is 0 Å². The average molecular weight is 251 g/mol. The maximum atomic E-state index is 11.3. The van der Waals surface area contributed by atoms with Crippen molar-refractivity contribution in [1.82, 2.24) is 0 Å². The van der Waals surface area contributed by atoms with E-state index in [0.29, 0.717) is 0 Å². The van der Waals surface area contributed by atoms with E-state index in [1.54, 1.807) is 0 Å². The van der Waals surface area contributed by atoms with Gasteiger partial charge in [0.05, 0.1) is 21.3 Å². The van der Waals surface area contributed by atoms with E-state index < -0.39 is 25.9 Å². The zero-order chi connectivity index (χ0) is 12.6. The molecule has 0 aliphatic rings. The predicted molar refractivity (Wildman–Crippen MR) is 56.2 cm³/mol. The SMILES string of the molecule is COC(=O)CCC(C[P+](=O)OC)C(=O)OC. The maximum absolute atomic E-state index is 11.3. The lowest BCUT2D eigenvalue weighted by Gasteiger charge is -2.08. The summed E-state index contributed by atoms with van der Waals surface area (Å²) in [5.74, 6) is -1.52. The molecule has 0 heterocycles. The van der Waals surface area contributed by atoms with E-state index in [9.17, 15) is 14.2 Å². The molecule has 0 aliphatic heterocycles. The van der Waals surface area contributed by atoms with Gasteiger partial charge < -0.3 is 9.47 Å². The molecule has 0 aromatic heterocycles. The van der Waals surface area contributed by atoms with E-state index in [2.05, 4.69) is 14.0 Å². The molecular formula is C9H16O6P+. The van der Waals surface area contributed by atoms with Crippen molar-refractivity contribution in [3.05, 3.63) is 0 Å². The quantitative estimate of drug-likeness (QED) is 0.498. The standard InChI is InChI=1S/C9H16O6P/c1-13-8(10)5-4-7(9(11)14-2)6-16(12)15-3/h7H,4-6H2,1-3H3/q+1. The molecule has 0 saturated carbocycles. The smallest absolute Gasteiger partial charge is 0.469 e. The lowest BCUT2D eigenvalue weighted by Crippen LogP contribution is -2.20. The van der Waals surface area contributed by atoms with Crippen molar-refractivity contribution in [2.75, 3.05) is 27.5 Å². The van der Waals surface area contributed by atoms with Crippen LogP contribution in [-0.4, -0.2) is 39.4 Å². The van der Waals surface area contributed by atoms with Gasteiger partial charge in [-0.15, -0.1) is 4.52 Å². The Labute approximate surface area is 95.1 Å². The number of carbonyl (C=O) groups is 2. The van der Waals surface area contributed by atoms with Crippen LogP contribution in [0.25, 0.3) is 0 Å². The van der Waals surface area contributed by atoms with Crippen molar-refractivity contribution in [3.8, 4) is 0 Å². The van der Waals surface area contributed by atoms with E-state index in [1.807, 2.05) is 0 Å². The van der Waals surface area contributed by atoms with Gasteiger partial charge in [-0.3, -0.25) is 9.59 Å². The van der Waals surface area contributed by atoms with Gasteiger partial charge in [-0.25, -0.2) is 0 Å². The summed E-state index contributed by atoms with van der Waals surface area (Å²) in [7, 11) is 1.92. The molecule has 7 heteroatoms. The van der Waals surface area contributed by atoms with Crippen LogP contribution in [0, 0.1) is 5.92 Å². The summed E-state index contributed by atoms with van der Waals surface area (Å²) in [5.41, 5.74) is 0. The second-order valence-electron chi connectivity index (χ2n) is 3.03. The zero-order valence-electron chi connectivity index (χ0n) is 9.60. The minimum atomic E-state index is -1.89. The summed E-state index contributed by atoms with van der Waals surface area (Å²) in [5, 5.41) is 0. The summed E-state index contributed by atoms with van der Waals surface area (Å²) in [6.07, 6.45) is 0.377. The van der Waals surface area contributed by atoms with Crippen LogP contribution in [0.4, 0.5) is 0 Å².